The monoisotopic (exact) mass is 838 g/mol. The van der Waals surface area contributed by atoms with Gasteiger partial charge in [-0.2, -0.15) is 0 Å². The molecule has 6 fully saturated rings. The highest BCUT2D eigenvalue weighted by atomic mass is 16.8. The second-order valence-corrected chi connectivity index (χ2v) is 14.9. The predicted octanol–water partition coefficient (Wildman–Crippen LogP) is -9.49. The van der Waals surface area contributed by atoms with Crippen molar-refractivity contribution in [3.05, 3.63) is 0 Å². The maximum atomic E-state index is 11.2. The van der Waals surface area contributed by atoms with Crippen molar-refractivity contribution >= 4 is 0 Å². The van der Waals surface area contributed by atoms with Crippen molar-refractivity contribution in [1.82, 2.24) is 0 Å². The quantitative estimate of drug-likeness (QED) is 0.0971. The van der Waals surface area contributed by atoms with E-state index in [9.17, 15) is 71.5 Å². The van der Waals surface area contributed by atoms with Gasteiger partial charge in [0.15, 0.2) is 37.7 Å². The molecule has 6 saturated heterocycles. The second-order valence-electron chi connectivity index (χ2n) is 14.9. The Bertz CT molecular complexity index is 1270. The van der Waals surface area contributed by atoms with Crippen LogP contribution in [0.3, 0.4) is 0 Å². The lowest BCUT2D eigenvalue weighted by atomic mass is 9.97. The molecule has 0 spiro atoms. The van der Waals surface area contributed by atoms with E-state index in [1.54, 1.807) is 0 Å². The van der Waals surface area contributed by atoms with Crippen LogP contribution in [0.1, 0.15) is 13.8 Å². The molecule has 332 valence electrons. The van der Waals surface area contributed by atoms with Crippen LogP contribution in [-0.2, 0) is 52.1 Å². The van der Waals surface area contributed by atoms with Crippen molar-refractivity contribution in [2.45, 2.75) is 174 Å². The number of aliphatic hydroxyl groups is 14. The molecule has 14 N–H and O–H groups in total. The van der Waals surface area contributed by atoms with Gasteiger partial charge >= 0.3 is 0 Å². The largest absolute Gasteiger partial charge is 0.388 e. The minimum absolute atomic E-state index is 0.398. The molecule has 0 unspecified atom stereocenters. The van der Waals surface area contributed by atoms with Gasteiger partial charge < -0.3 is 124 Å². The first-order valence-electron chi connectivity index (χ1n) is 18.5. The van der Waals surface area contributed by atoms with Crippen molar-refractivity contribution in [2.75, 3.05) is 26.4 Å². The Labute approximate surface area is 323 Å². The lowest BCUT2D eigenvalue weighted by Crippen LogP contribution is -2.66. The average molecular weight is 839 g/mol. The Morgan fingerprint density at radius 1 is 0.316 bits per heavy atom. The Balaban J connectivity index is 1.06. The molecule has 6 heterocycles. The molecule has 26 atom stereocenters. The fraction of sp³-hybridized carbons (Fsp3) is 1.00. The van der Waals surface area contributed by atoms with Crippen LogP contribution in [0.25, 0.3) is 0 Å². The summed E-state index contributed by atoms with van der Waals surface area (Å²) in [5.41, 5.74) is 0. The smallest absolute Gasteiger partial charge is 0.187 e. The van der Waals surface area contributed by atoms with Gasteiger partial charge in [-0.15, -0.1) is 0 Å². The van der Waals surface area contributed by atoms with Gasteiger partial charge in [-0.25, -0.2) is 0 Å². The normalized spacial score (nSPS) is 55.4. The SMILES string of the molecule is C[C@@H]1O[C@@H](O[C@@H]2[C@@H](O)[C@@H](O)CO[C@H]2O)[C@H](O)[C@H](O[C@@H]2OC[C@@H](O)[C@H](O[C@@H]3O[C@@H](C)[C@H](O[C@@H]4OC[C@@H](O)[C@H](O[C@@H]5OC[C@@H](O)[C@H](O)[C@H]5O)[C@H]4O)[C@@H](O)[C@H]3O)[C@H]2O)[C@H]1O. The fourth-order valence-corrected chi connectivity index (χ4v) is 7.30. The summed E-state index contributed by atoms with van der Waals surface area (Å²) in [5.74, 6) is 0. The van der Waals surface area contributed by atoms with Crippen molar-refractivity contribution in [3.8, 4) is 0 Å². The lowest BCUT2D eigenvalue weighted by molar-refractivity contribution is -0.384. The highest BCUT2D eigenvalue weighted by Gasteiger charge is 2.54. The number of hydrogen-bond acceptors (Lipinski definition) is 25. The topological polar surface area (TPSA) is 385 Å². The van der Waals surface area contributed by atoms with E-state index in [1.165, 1.54) is 13.8 Å². The molecular formula is C32H54O25. The molecule has 0 amide bonds. The van der Waals surface area contributed by atoms with E-state index in [0.717, 1.165) is 0 Å². The second kappa shape index (κ2) is 18.9. The fourth-order valence-electron chi connectivity index (χ4n) is 7.30. The summed E-state index contributed by atoms with van der Waals surface area (Å²) < 4.78 is 60.5. The van der Waals surface area contributed by atoms with Gasteiger partial charge in [0.25, 0.3) is 0 Å². The summed E-state index contributed by atoms with van der Waals surface area (Å²) >= 11 is 0. The molecule has 0 aromatic heterocycles. The zero-order chi connectivity index (χ0) is 41.6. The summed E-state index contributed by atoms with van der Waals surface area (Å²) in [4.78, 5) is 0. The number of hydrogen-bond donors (Lipinski definition) is 14. The molecular weight excluding hydrogens is 784 g/mol. The molecule has 0 bridgehead atoms. The van der Waals surface area contributed by atoms with Crippen LogP contribution in [-0.4, -0.2) is 258 Å². The molecule has 6 aliphatic heterocycles. The third-order valence-electron chi connectivity index (χ3n) is 10.8. The third kappa shape index (κ3) is 9.58. The molecule has 0 aliphatic carbocycles. The molecule has 57 heavy (non-hydrogen) atoms. The van der Waals surface area contributed by atoms with E-state index < -0.39 is 186 Å². The van der Waals surface area contributed by atoms with Gasteiger partial charge in [0.2, 0.25) is 0 Å². The minimum Gasteiger partial charge on any atom is -0.388 e. The van der Waals surface area contributed by atoms with E-state index in [0.29, 0.717) is 0 Å². The van der Waals surface area contributed by atoms with Gasteiger partial charge in [0.05, 0.1) is 38.6 Å². The van der Waals surface area contributed by atoms with Gasteiger partial charge in [0, 0.05) is 0 Å². The highest BCUT2D eigenvalue weighted by molar-refractivity contribution is 4.96. The van der Waals surface area contributed by atoms with Gasteiger partial charge in [0.1, 0.15) is 110 Å². The van der Waals surface area contributed by atoms with Crippen LogP contribution in [0.4, 0.5) is 0 Å². The maximum Gasteiger partial charge on any atom is 0.187 e. The van der Waals surface area contributed by atoms with E-state index in [2.05, 4.69) is 0 Å². The summed E-state index contributed by atoms with van der Waals surface area (Å²) in [6.07, 6.45) is -42.0. The number of aliphatic hydroxyl groups excluding tert-OH is 14. The molecule has 0 saturated carbocycles. The molecule has 0 radical (unpaired) electrons. The van der Waals surface area contributed by atoms with Crippen molar-refractivity contribution in [1.29, 1.82) is 0 Å². The Morgan fingerprint density at radius 2 is 0.702 bits per heavy atom. The van der Waals surface area contributed by atoms with E-state index in [-0.39, 0.29) is 0 Å². The van der Waals surface area contributed by atoms with Crippen LogP contribution in [0.5, 0.6) is 0 Å². The summed E-state index contributed by atoms with van der Waals surface area (Å²) in [7, 11) is 0. The molecule has 0 aromatic rings. The average Bonchev–Trinajstić information content (AvgIpc) is 3.17. The van der Waals surface area contributed by atoms with Crippen LogP contribution >= 0.6 is 0 Å². The standard InChI is InChI=1S/C32H54O25/c1-7-13(37)25(21(45)32(51-7)57-26-15(39)10(34)3-47-27(26)46)56-30-20(44)24(12(36)6-50-30)55-31-18(42)16(40)22(8(2)52-31)53-29-19(43)23(11(35)5-49-29)54-28-17(41)14(38)9(33)4-48-28/h7-46H,3-6H2,1-2H3/t7-,8-,9+,10-,11+,12+,13-,14-,15-,16-,17+,18+,19+,20+,21+,22-,23-,24-,25+,26+,27+,28-,29-,30-,31-,32-/m0/s1. The minimum atomic E-state index is -1.93. The van der Waals surface area contributed by atoms with Crippen LogP contribution in [0.2, 0.25) is 0 Å². The first-order valence-corrected chi connectivity index (χ1v) is 18.5. The first kappa shape index (κ1) is 45.5. The van der Waals surface area contributed by atoms with Crippen molar-refractivity contribution in [2.24, 2.45) is 0 Å². The van der Waals surface area contributed by atoms with Crippen LogP contribution in [0.15, 0.2) is 0 Å². The highest BCUT2D eigenvalue weighted by Crippen LogP contribution is 2.34. The van der Waals surface area contributed by atoms with E-state index >= 15 is 0 Å². The summed E-state index contributed by atoms with van der Waals surface area (Å²) in [6.45, 7) is 0.934. The first-order chi connectivity index (χ1) is 26.9. The molecule has 25 heteroatoms. The van der Waals surface area contributed by atoms with Gasteiger partial charge in [-0.1, -0.05) is 0 Å². The molecule has 6 aliphatic rings. The lowest BCUT2D eigenvalue weighted by Gasteiger charge is -2.48. The zero-order valence-electron chi connectivity index (χ0n) is 30.6. The molecule has 0 aromatic carbocycles. The molecule has 25 nitrogen and oxygen atoms in total. The Kier molecular flexibility index (Phi) is 15.1. The third-order valence-corrected chi connectivity index (χ3v) is 10.8. The van der Waals surface area contributed by atoms with Crippen molar-refractivity contribution in [3.63, 3.8) is 0 Å². The zero-order valence-corrected chi connectivity index (χ0v) is 30.6. The Morgan fingerprint density at radius 3 is 1.30 bits per heavy atom. The van der Waals surface area contributed by atoms with Crippen LogP contribution in [0, 0.1) is 0 Å². The van der Waals surface area contributed by atoms with Crippen molar-refractivity contribution < 1.29 is 124 Å². The Hall–Kier alpha value is -1.00. The van der Waals surface area contributed by atoms with Gasteiger partial charge in [-0.05, 0) is 13.8 Å². The van der Waals surface area contributed by atoms with Crippen LogP contribution < -0.4 is 0 Å². The van der Waals surface area contributed by atoms with Gasteiger partial charge in [-0.3, -0.25) is 0 Å². The van der Waals surface area contributed by atoms with E-state index in [1.807, 2.05) is 0 Å². The summed E-state index contributed by atoms with van der Waals surface area (Å²) in [6, 6.07) is 0. The summed E-state index contributed by atoms with van der Waals surface area (Å²) in [5, 5.41) is 148. The number of rotatable bonds is 10. The maximum absolute atomic E-state index is 11.2. The number of ether oxygens (including phenoxy) is 11. The van der Waals surface area contributed by atoms with E-state index in [4.69, 9.17) is 52.1 Å². The predicted molar refractivity (Wildman–Crippen MR) is 172 cm³/mol. The molecule has 6 rings (SSSR count).